The molecule has 2 aromatic carbocycles. The van der Waals surface area contributed by atoms with Crippen LogP contribution in [0.4, 0.5) is 0 Å². The lowest BCUT2D eigenvalue weighted by atomic mass is 9.94. The smallest absolute Gasteiger partial charge is 0.0966 e. The molecular formula is C12H9B. The maximum absolute atomic E-state index is 5.60. The van der Waals surface area contributed by atoms with Crippen LogP contribution in [0.2, 0.25) is 0 Å². The van der Waals surface area contributed by atoms with Crippen molar-refractivity contribution in [1.82, 2.24) is 0 Å². The molecule has 0 aliphatic heterocycles. The fourth-order valence-corrected chi connectivity index (χ4v) is 1.31. The Morgan fingerprint density at radius 3 is 1.77 bits per heavy atom. The lowest BCUT2D eigenvalue weighted by Gasteiger charge is -2.00. The summed E-state index contributed by atoms with van der Waals surface area (Å²) in [5.74, 6) is 0. The zero-order valence-electron chi connectivity index (χ0n) is 7.27. The van der Waals surface area contributed by atoms with Gasteiger partial charge in [-0.3, -0.25) is 0 Å². The first-order valence-corrected chi connectivity index (χ1v) is 4.27. The van der Waals surface area contributed by atoms with E-state index in [4.69, 9.17) is 7.85 Å². The normalized spacial score (nSPS) is 9.85. The summed E-state index contributed by atoms with van der Waals surface area (Å²) in [5.41, 5.74) is 3.23. The first-order chi connectivity index (χ1) is 6.36. The Morgan fingerprint density at radius 1 is 0.615 bits per heavy atom. The summed E-state index contributed by atoms with van der Waals surface area (Å²) in [7, 11) is 5.60. The van der Waals surface area contributed by atoms with Crippen LogP contribution in [0.15, 0.2) is 54.6 Å². The minimum Gasteiger partial charge on any atom is -0.0966 e. The zero-order valence-corrected chi connectivity index (χ0v) is 7.27. The summed E-state index contributed by atoms with van der Waals surface area (Å²) < 4.78 is 0. The fraction of sp³-hybridized carbons (Fsp3) is 0. The van der Waals surface area contributed by atoms with Crippen LogP contribution in [0.25, 0.3) is 11.1 Å². The highest BCUT2D eigenvalue weighted by Crippen LogP contribution is 2.16. The van der Waals surface area contributed by atoms with Crippen molar-refractivity contribution in [2.45, 2.75) is 0 Å². The van der Waals surface area contributed by atoms with Gasteiger partial charge >= 0.3 is 0 Å². The van der Waals surface area contributed by atoms with E-state index < -0.39 is 0 Å². The van der Waals surface area contributed by atoms with Crippen LogP contribution < -0.4 is 5.46 Å². The van der Waals surface area contributed by atoms with Crippen molar-refractivity contribution < 1.29 is 0 Å². The molecule has 0 bridgehead atoms. The summed E-state index contributed by atoms with van der Waals surface area (Å²) in [5, 5.41) is 0. The van der Waals surface area contributed by atoms with E-state index >= 15 is 0 Å². The van der Waals surface area contributed by atoms with Crippen molar-refractivity contribution in [1.29, 1.82) is 0 Å². The lowest BCUT2D eigenvalue weighted by molar-refractivity contribution is 1.64. The van der Waals surface area contributed by atoms with Crippen molar-refractivity contribution >= 4 is 13.3 Å². The Labute approximate surface area is 79.6 Å². The van der Waals surface area contributed by atoms with Crippen molar-refractivity contribution in [2.24, 2.45) is 0 Å². The van der Waals surface area contributed by atoms with Gasteiger partial charge in [0.15, 0.2) is 0 Å². The molecule has 0 atom stereocenters. The van der Waals surface area contributed by atoms with Crippen molar-refractivity contribution in [3.05, 3.63) is 54.6 Å². The topological polar surface area (TPSA) is 0 Å². The summed E-state index contributed by atoms with van der Waals surface area (Å²) in [4.78, 5) is 0. The van der Waals surface area contributed by atoms with Gasteiger partial charge in [-0.1, -0.05) is 60.1 Å². The first-order valence-electron chi connectivity index (χ1n) is 4.27. The summed E-state index contributed by atoms with van der Waals surface area (Å²) >= 11 is 0. The minimum absolute atomic E-state index is 0.805. The van der Waals surface area contributed by atoms with Crippen LogP contribution in [0.5, 0.6) is 0 Å². The van der Waals surface area contributed by atoms with Gasteiger partial charge in [0.2, 0.25) is 0 Å². The van der Waals surface area contributed by atoms with Gasteiger partial charge < -0.3 is 0 Å². The second-order valence-electron chi connectivity index (χ2n) is 2.99. The zero-order chi connectivity index (χ0) is 9.10. The molecule has 0 N–H and O–H groups in total. The highest BCUT2D eigenvalue weighted by atomic mass is 14.0. The summed E-state index contributed by atoms with van der Waals surface area (Å²) in [6, 6.07) is 18.2. The molecule has 2 aromatic rings. The molecule has 0 heterocycles. The third kappa shape index (κ3) is 1.81. The molecule has 0 saturated heterocycles. The van der Waals surface area contributed by atoms with E-state index in [2.05, 4.69) is 12.1 Å². The molecular weight excluding hydrogens is 155 g/mol. The van der Waals surface area contributed by atoms with Gasteiger partial charge in [-0.15, -0.1) is 0 Å². The van der Waals surface area contributed by atoms with Gasteiger partial charge in [0, 0.05) is 0 Å². The summed E-state index contributed by atoms with van der Waals surface area (Å²) in [6.07, 6.45) is 0. The number of hydrogen-bond acceptors (Lipinski definition) is 0. The summed E-state index contributed by atoms with van der Waals surface area (Å²) in [6.45, 7) is 0. The number of rotatable bonds is 1. The second kappa shape index (κ2) is 3.48. The van der Waals surface area contributed by atoms with E-state index in [0.717, 1.165) is 5.46 Å². The van der Waals surface area contributed by atoms with Gasteiger partial charge in [0.25, 0.3) is 0 Å². The molecule has 13 heavy (non-hydrogen) atoms. The standard InChI is InChI=1S/C12H9B/c13-12-8-6-11(7-9-12)10-4-2-1-3-5-10/h1-9H. The highest BCUT2D eigenvalue weighted by molar-refractivity contribution is 6.32. The van der Waals surface area contributed by atoms with E-state index in [1.54, 1.807) is 0 Å². The largest absolute Gasteiger partial charge is 0.113 e. The van der Waals surface area contributed by atoms with Gasteiger partial charge in [-0.25, -0.2) is 0 Å². The van der Waals surface area contributed by atoms with Gasteiger partial charge in [-0.05, 0) is 11.1 Å². The molecule has 2 radical (unpaired) electrons. The van der Waals surface area contributed by atoms with E-state index in [9.17, 15) is 0 Å². The quantitative estimate of drug-likeness (QED) is 0.566. The fourth-order valence-electron chi connectivity index (χ4n) is 1.31. The Bertz CT molecular complexity index is 376. The van der Waals surface area contributed by atoms with Crippen LogP contribution in [-0.4, -0.2) is 7.85 Å². The minimum atomic E-state index is 0.805. The van der Waals surface area contributed by atoms with E-state index in [-0.39, 0.29) is 0 Å². The van der Waals surface area contributed by atoms with Crippen molar-refractivity contribution in [3.63, 3.8) is 0 Å². The maximum Gasteiger partial charge on any atom is 0.113 e. The lowest BCUT2D eigenvalue weighted by Crippen LogP contribution is -1.98. The van der Waals surface area contributed by atoms with Crippen LogP contribution in [0.1, 0.15) is 0 Å². The molecule has 0 aliphatic rings. The van der Waals surface area contributed by atoms with Crippen LogP contribution in [0.3, 0.4) is 0 Å². The first kappa shape index (κ1) is 8.12. The molecule has 0 aliphatic carbocycles. The monoisotopic (exact) mass is 164 g/mol. The van der Waals surface area contributed by atoms with Gasteiger partial charge in [0.05, 0.1) is 0 Å². The molecule has 60 valence electrons. The third-order valence-corrected chi connectivity index (χ3v) is 2.02. The average molecular weight is 164 g/mol. The average Bonchev–Trinajstić information content (AvgIpc) is 2.20. The van der Waals surface area contributed by atoms with Gasteiger partial charge in [0.1, 0.15) is 7.85 Å². The van der Waals surface area contributed by atoms with Crippen LogP contribution >= 0.6 is 0 Å². The predicted molar refractivity (Wildman–Crippen MR) is 57.3 cm³/mol. The van der Waals surface area contributed by atoms with E-state index in [1.807, 2.05) is 42.5 Å². The van der Waals surface area contributed by atoms with Gasteiger partial charge in [-0.2, -0.15) is 0 Å². The molecule has 1 heteroatoms. The molecule has 0 unspecified atom stereocenters. The van der Waals surface area contributed by atoms with Crippen molar-refractivity contribution in [2.75, 3.05) is 0 Å². The molecule has 2 rings (SSSR count). The highest BCUT2D eigenvalue weighted by Gasteiger charge is 1.93. The van der Waals surface area contributed by atoms with E-state index in [1.165, 1.54) is 11.1 Å². The SMILES string of the molecule is [B]c1ccc(-c2ccccc2)cc1. The van der Waals surface area contributed by atoms with Crippen molar-refractivity contribution in [3.8, 4) is 11.1 Å². The number of benzene rings is 2. The molecule has 0 fully saturated rings. The molecule has 0 amide bonds. The maximum atomic E-state index is 5.60. The second-order valence-corrected chi connectivity index (χ2v) is 2.99. The Hall–Kier alpha value is -1.50. The molecule has 0 spiro atoms. The Balaban J connectivity index is 2.42. The molecule has 0 saturated carbocycles. The number of hydrogen-bond donors (Lipinski definition) is 0. The van der Waals surface area contributed by atoms with Crippen LogP contribution in [-0.2, 0) is 0 Å². The van der Waals surface area contributed by atoms with Crippen LogP contribution in [0, 0.1) is 0 Å². The third-order valence-electron chi connectivity index (χ3n) is 2.02. The molecule has 0 aromatic heterocycles. The van der Waals surface area contributed by atoms with E-state index in [0.29, 0.717) is 0 Å². The predicted octanol–water partition coefficient (Wildman–Crippen LogP) is 2.15. The Kier molecular flexibility index (Phi) is 2.18. The molecule has 0 nitrogen and oxygen atoms in total. The Morgan fingerprint density at radius 2 is 1.15 bits per heavy atom.